The van der Waals surface area contributed by atoms with Crippen molar-refractivity contribution < 1.29 is 4.79 Å². The van der Waals surface area contributed by atoms with Gasteiger partial charge < -0.3 is 5.32 Å². The molecule has 1 aliphatic rings. The maximum absolute atomic E-state index is 12.4. The van der Waals surface area contributed by atoms with Gasteiger partial charge >= 0.3 is 0 Å². The van der Waals surface area contributed by atoms with Crippen molar-refractivity contribution in [1.29, 1.82) is 0 Å². The summed E-state index contributed by atoms with van der Waals surface area (Å²) in [5.41, 5.74) is 3.07. The van der Waals surface area contributed by atoms with Crippen LogP contribution in [0.5, 0.6) is 0 Å². The number of hydrogen-bond acceptors (Lipinski definition) is 2. The molecule has 1 aromatic heterocycles. The van der Waals surface area contributed by atoms with Crippen molar-refractivity contribution in [3.8, 4) is 5.69 Å². The number of nitrogens with one attached hydrogen (secondary N) is 1. The molecule has 0 saturated heterocycles. The van der Waals surface area contributed by atoms with Gasteiger partial charge in [0.1, 0.15) is 0 Å². The third-order valence-corrected chi connectivity index (χ3v) is 4.73. The predicted molar refractivity (Wildman–Crippen MR) is 93.3 cm³/mol. The molecule has 24 heavy (non-hydrogen) atoms. The molecule has 2 aromatic carbocycles. The summed E-state index contributed by atoms with van der Waals surface area (Å²) < 4.78 is 1.77. The monoisotopic (exact) mass is 317 g/mol. The topological polar surface area (TPSA) is 46.9 Å². The molecule has 1 N–H and O–H groups in total. The number of carbonyl (C=O) groups is 1. The van der Waals surface area contributed by atoms with Gasteiger partial charge in [0.15, 0.2) is 0 Å². The second-order valence-electron chi connectivity index (χ2n) is 6.33. The standard InChI is InChI=1S/C20H19N3O/c24-19(16-7-9-18(10-8-16)23-14-4-13-22-23)21-15-20(11-12-20)17-5-2-1-3-6-17/h1-10,13-14H,11-12,15H2,(H,21,24). The number of nitrogens with zero attached hydrogens (tertiary/aromatic N) is 2. The summed E-state index contributed by atoms with van der Waals surface area (Å²) in [6.07, 6.45) is 5.89. The lowest BCUT2D eigenvalue weighted by Crippen LogP contribution is -2.32. The van der Waals surface area contributed by atoms with E-state index < -0.39 is 0 Å². The van der Waals surface area contributed by atoms with Gasteiger partial charge in [-0.1, -0.05) is 30.3 Å². The fourth-order valence-electron chi connectivity index (χ4n) is 3.05. The third-order valence-electron chi connectivity index (χ3n) is 4.73. The van der Waals surface area contributed by atoms with E-state index in [-0.39, 0.29) is 11.3 Å². The van der Waals surface area contributed by atoms with Gasteiger partial charge in [-0.25, -0.2) is 4.68 Å². The molecule has 120 valence electrons. The second-order valence-corrected chi connectivity index (χ2v) is 6.33. The van der Waals surface area contributed by atoms with Crippen LogP contribution < -0.4 is 5.32 Å². The zero-order valence-electron chi connectivity index (χ0n) is 13.4. The summed E-state index contributed by atoms with van der Waals surface area (Å²) in [6.45, 7) is 0.691. The number of amides is 1. The van der Waals surface area contributed by atoms with Gasteiger partial charge in [-0.2, -0.15) is 5.10 Å². The Bertz CT molecular complexity index is 819. The lowest BCUT2D eigenvalue weighted by atomic mass is 9.96. The zero-order valence-corrected chi connectivity index (χ0v) is 13.4. The zero-order chi connectivity index (χ0) is 16.4. The lowest BCUT2D eigenvalue weighted by Gasteiger charge is -2.16. The van der Waals surface area contributed by atoms with Gasteiger partial charge in [0.05, 0.1) is 5.69 Å². The number of hydrogen-bond donors (Lipinski definition) is 1. The molecular formula is C20H19N3O. The first-order valence-electron chi connectivity index (χ1n) is 8.21. The van der Waals surface area contributed by atoms with E-state index in [0.717, 1.165) is 18.5 Å². The molecule has 0 radical (unpaired) electrons. The highest BCUT2D eigenvalue weighted by atomic mass is 16.1. The second kappa shape index (κ2) is 5.96. The average Bonchev–Trinajstić information content (AvgIpc) is 3.24. The first kappa shape index (κ1) is 14.7. The summed E-state index contributed by atoms with van der Waals surface area (Å²) in [6, 6.07) is 19.8. The molecule has 3 aromatic rings. The van der Waals surface area contributed by atoms with Crippen LogP contribution >= 0.6 is 0 Å². The van der Waals surface area contributed by atoms with E-state index in [1.54, 1.807) is 10.9 Å². The highest BCUT2D eigenvalue weighted by Crippen LogP contribution is 2.47. The Labute approximate surface area is 141 Å². The molecule has 0 bridgehead atoms. The van der Waals surface area contributed by atoms with Crippen LogP contribution in [0.4, 0.5) is 0 Å². The largest absolute Gasteiger partial charge is 0.351 e. The molecule has 1 amide bonds. The number of benzene rings is 2. The molecule has 1 heterocycles. The Morgan fingerprint density at radius 1 is 1.04 bits per heavy atom. The molecule has 4 nitrogen and oxygen atoms in total. The Morgan fingerprint density at radius 2 is 1.79 bits per heavy atom. The van der Waals surface area contributed by atoms with Crippen molar-refractivity contribution in [2.75, 3.05) is 6.54 Å². The Kier molecular flexibility index (Phi) is 3.65. The highest BCUT2D eigenvalue weighted by molar-refractivity contribution is 5.94. The normalized spacial score (nSPS) is 15.0. The molecule has 0 unspecified atom stereocenters. The Morgan fingerprint density at radius 3 is 2.42 bits per heavy atom. The van der Waals surface area contributed by atoms with E-state index in [4.69, 9.17) is 0 Å². The predicted octanol–water partition coefficient (Wildman–Crippen LogP) is 3.33. The number of aromatic nitrogens is 2. The molecule has 1 aliphatic carbocycles. The van der Waals surface area contributed by atoms with Crippen molar-refractivity contribution in [3.05, 3.63) is 84.2 Å². The fraction of sp³-hybridized carbons (Fsp3) is 0.200. The van der Waals surface area contributed by atoms with E-state index in [0.29, 0.717) is 12.1 Å². The third kappa shape index (κ3) is 2.83. The van der Waals surface area contributed by atoms with Gasteiger partial charge in [-0.3, -0.25) is 4.79 Å². The molecule has 0 atom stereocenters. The van der Waals surface area contributed by atoms with Crippen LogP contribution in [0.2, 0.25) is 0 Å². The van der Waals surface area contributed by atoms with Crippen LogP contribution in [0.3, 0.4) is 0 Å². The van der Waals surface area contributed by atoms with Crippen LogP contribution in [0.25, 0.3) is 5.69 Å². The van der Waals surface area contributed by atoms with E-state index in [2.05, 4.69) is 34.7 Å². The van der Waals surface area contributed by atoms with Gasteiger partial charge in [-0.05, 0) is 48.7 Å². The molecule has 4 heteroatoms. The van der Waals surface area contributed by atoms with Crippen LogP contribution in [-0.4, -0.2) is 22.2 Å². The van der Waals surface area contributed by atoms with Gasteiger partial charge in [0.2, 0.25) is 0 Å². The fourth-order valence-corrected chi connectivity index (χ4v) is 3.05. The van der Waals surface area contributed by atoms with Crippen molar-refractivity contribution in [2.24, 2.45) is 0 Å². The van der Waals surface area contributed by atoms with Crippen LogP contribution in [-0.2, 0) is 5.41 Å². The summed E-state index contributed by atoms with van der Waals surface area (Å²) in [5, 5.41) is 7.28. The quantitative estimate of drug-likeness (QED) is 0.784. The molecule has 1 fully saturated rings. The molecule has 4 rings (SSSR count). The van der Waals surface area contributed by atoms with E-state index >= 15 is 0 Å². The summed E-state index contributed by atoms with van der Waals surface area (Å²) >= 11 is 0. The smallest absolute Gasteiger partial charge is 0.251 e. The molecule has 0 aliphatic heterocycles. The minimum absolute atomic E-state index is 0.0239. The summed E-state index contributed by atoms with van der Waals surface area (Å²) in [5.74, 6) is -0.0239. The highest BCUT2D eigenvalue weighted by Gasteiger charge is 2.44. The van der Waals surface area contributed by atoms with Gasteiger partial charge in [0, 0.05) is 29.9 Å². The molecule has 1 saturated carbocycles. The van der Waals surface area contributed by atoms with Crippen molar-refractivity contribution in [2.45, 2.75) is 18.3 Å². The van der Waals surface area contributed by atoms with Crippen molar-refractivity contribution >= 4 is 5.91 Å². The minimum atomic E-state index is -0.0239. The van der Waals surface area contributed by atoms with E-state index in [9.17, 15) is 4.79 Å². The van der Waals surface area contributed by atoms with Crippen LogP contribution in [0, 0.1) is 0 Å². The Hall–Kier alpha value is -2.88. The average molecular weight is 317 g/mol. The molecular weight excluding hydrogens is 298 g/mol. The van der Waals surface area contributed by atoms with E-state index in [1.165, 1.54) is 5.56 Å². The van der Waals surface area contributed by atoms with Gasteiger partial charge in [0.25, 0.3) is 5.91 Å². The maximum Gasteiger partial charge on any atom is 0.251 e. The lowest BCUT2D eigenvalue weighted by molar-refractivity contribution is 0.0949. The van der Waals surface area contributed by atoms with Gasteiger partial charge in [-0.15, -0.1) is 0 Å². The van der Waals surface area contributed by atoms with Crippen molar-refractivity contribution in [1.82, 2.24) is 15.1 Å². The first-order chi connectivity index (χ1) is 11.8. The number of carbonyl (C=O) groups excluding carboxylic acids is 1. The SMILES string of the molecule is O=C(NCC1(c2ccccc2)CC1)c1ccc(-n2cccn2)cc1. The van der Waals surface area contributed by atoms with Crippen LogP contribution in [0.1, 0.15) is 28.8 Å². The summed E-state index contributed by atoms with van der Waals surface area (Å²) in [4.78, 5) is 12.4. The maximum atomic E-state index is 12.4. The minimum Gasteiger partial charge on any atom is -0.351 e. The summed E-state index contributed by atoms with van der Waals surface area (Å²) in [7, 11) is 0. The van der Waals surface area contributed by atoms with Crippen LogP contribution in [0.15, 0.2) is 73.1 Å². The Balaban J connectivity index is 1.42. The van der Waals surface area contributed by atoms with E-state index in [1.807, 2.05) is 42.6 Å². The number of rotatable bonds is 5. The molecule has 0 spiro atoms. The first-order valence-corrected chi connectivity index (χ1v) is 8.21. The van der Waals surface area contributed by atoms with Crippen molar-refractivity contribution in [3.63, 3.8) is 0 Å².